The third kappa shape index (κ3) is 6.77. The van der Waals surface area contributed by atoms with Crippen LogP contribution in [0.3, 0.4) is 0 Å². The van der Waals surface area contributed by atoms with Gasteiger partial charge in [-0.1, -0.05) is 43.7 Å². The number of esters is 2. The molecule has 0 radical (unpaired) electrons. The standard InChI is InChI=1S/C20H31NO5/c1-5-12-16(19(22)25-7-3)21-17(15-13-10-9-11-14-15)18(24-6-2)20(23)26-8-4/h9-11,13-14,16-18,21H,5-8,12H2,1-4H3/t16?,17-,18-/m1/s1. The van der Waals surface area contributed by atoms with Crippen molar-refractivity contribution in [3.8, 4) is 0 Å². The number of hydrogen-bond donors (Lipinski definition) is 1. The second-order valence-corrected chi connectivity index (χ2v) is 5.78. The zero-order valence-corrected chi connectivity index (χ0v) is 16.2. The molecule has 0 bridgehead atoms. The minimum atomic E-state index is -0.851. The molecule has 3 atom stereocenters. The zero-order valence-electron chi connectivity index (χ0n) is 16.2. The molecule has 1 aromatic rings. The number of hydrogen-bond acceptors (Lipinski definition) is 6. The normalized spacial score (nSPS) is 14.3. The molecule has 0 heterocycles. The first-order valence-corrected chi connectivity index (χ1v) is 9.34. The van der Waals surface area contributed by atoms with Gasteiger partial charge in [0.25, 0.3) is 0 Å². The molecule has 1 N–H and O–H groups in total. The van der Waals surface area contributed by atoms with Crippen LogP contribution in [0, 0.1) is 0 Å². The minimum Gasteiger partial charge on any atom is -0.465 e. The van der Waals surface area contributed by atoms with E-state index in [1.165, 1.54) is 0 Å². The molecule has 26 heavy (non-hydrogen) atoms. The van der Waals surface area contributed by atoms with E-state index < -0.39 is 24.2 Å². The summed E-state index contributed by atoms with van der Waals surface area (Å²) in [5, 5.41) is 3.28. The zero-order chi connectivity index (χ0) is 19.4. The van der Waals surface area contributed by atoms with E-state index in [9.17, 15) is 9.59 Å². The predicted octanol–water partition coefficient (Wildman–Crippen LogP) is 3.02. The molecular weight excluding hydrogens is 334 g/mol. The molecule has 6 nitrogen and oxygen atoms in total. The van der Waals surface area contributed by atoms with Crippen molar-refractivity contribution in [1.82, 2.24) is 5.32 Å². The topological polar surface area (TPSA) is 73.9 Å². The molecule has 146 valence electrons. The first-order valence-electron chi connectivity index (χ1n) is 9.34. The van der Waals surface area contributed by atoms with Gasteiger partial charge in [0.05, 0.1) is 19.3 Å². The Morgan fingerprint density at radius 2 is 1.54 bits per heavy atom. The van der Waals surface area contributed by atoms with Crippen LogP contribution in [0.5, 0.6) is 0 Å². The van der Waals surface area contributed by atoms with Crippen LogP contribution in [0.4, 0.5) is 0 Å². The van der Waals surface area contributed by atoms with Crippen LogP contribution in [-0.2, 0) is 23.8 Å². The molecule has 0 fully saturated rings. The van der Waals surface area contributed by atoms with E-state index in [4.69, 9.17) is 14.2 Å². The fourth-order valence-electron chi connectivity index (χ4n) is 2.74. The van der Waals surface area contributed by atoms with E-state index in [0.717, 1.165) is 12.0 Å². The number of rotatable bonds is 12. The summed E-state index contributed by atoms with van der Waals surface area (Å²) >= 11 is 0. The van der Waals surface area contributed by atoms with Gasteiger partial charge in [-0.05, 0) is 32.8 Å². The highest BCUT2D eigenvalue weighted by Gasteiger charge is 2.34. The Morgan fingerprint density at radius 3 is 2.08 bits per heavy atom. The van der Waals surface area contributed by atoms with Crippen molar-refractivity contribution >= 4 is 11.9 Å². The van der Waals surface area contributed by atoms with Crippen molar-refractivity contribution < 1.29 is 23.8 Å². The largest absolute Gasteiger partial charge is 0.465 e. The van der Waals surface area contributed by atoms with Gasteiger partial charge in [0.15, 0.2) is 6.10 Å². The van der Waals surface area contributed by atoms with Gasteiger partial charge in [0, 0.05) is 6.61 Å². The maximum absolute atomic E-state index is 12.5. The molecule has 0 aliphatic rings. The van der Waals surface area contributed by atoms with Crippen molar-refractivity contribution in [3.05, 3.63) is 35.9 Å². The second-order valence-electron chi connectivity index (χ2n) is 5.78. The quantitative estimate of drug-likeness (QED) is 0.574. The van der Waals surface area contributed by atoms with Gasteiger partial charge in [-0.25, -0.2) is 4.79 Å². The Labute approximate surface area is 156 Å². The molecule has 0 saturated heterocycles. The maximum atomic E-state index is 12.5. The van der Waals surface area contributed by atoms with Crippen LogP contribution >= 0.6 is 0 Å². The third-order valence-electron chi connectivity index (χ3n) is 3.86. The summed E-state index contributed by atoms with van der Waals surface area (Å²) in [7, 11) is 0. The van der Waals surface area contributed by atoms with E-state index >= 15 is 0 Å². The molecule has 0 aliphatic heterocycles. The summed E-state index contributed by atoms with van der Waals surface area (Å²) in [5.41, 5.74) is 0.851. The van der Waals surface area contributed by atoms with Gasteiger partial charge in [0.2, 0.25) is 0 Å². The predicted molar refractivity (Wildman–Crippen MR) is 99.7 cm³/mol. The van der Waals surface area contributed by atoms with Crippen molar-refractivity contribution in [1.29, 1.82) is 0 Å². The lowest BCUT2D eigenvalue weighted by Crippen LogP contribution is -2.47. The van der Waals surface area contributed by atoms with Crippen LogP contribution in [0.2, 0.25) is 0 Å². The summed E-state index contributed by atoms with van der Waals surface area (Å²) in [6.07, 6.45) is 0.553. The lowest BCUT2D eigenvalue weighted by molar-refractivity contribution is -0.160. The Kier molecular flexibility index (Phi) is 10.6. The second kappa shape index (κ2) is 12.4. The Balaban J connectivity index is 3.17. The van der Waals surface area contributed by atoms with Crippen molar-refractivity contribution in [2.45, 2.75) is 58.7 Å². The fraction of sp³-hybridized carbons (Fsp3) is 0.600. The molecule has 1 rings (SSSR count). The molecule has 0 aliphatic carbocycles. The van der Waals surface area contributed by atoms with Crippen LogP contribution in [0.25, 0.3) is 0 Å². The first-order chi connectivity index (χ1) is 12.6. The van der Waals surface area contributed by atoms with E-state index in [1.54, 1.807) is 13.8 Å². The Morgan fingerprint density at radius 1 is 0.923 bits per heavy atom. The lowest BCUT2D eigenvalue weighted by Gasteiger charge is -2.30. The highest BCUT2D eigenvalue weighted by molar-refractivity contribution is 5.78. The van der Waals surface area contributed by atoms with E-state index in [0.29, 0.717) is 19.6 Å². The van der Waals surface area contributed by atoms with E-state index in [2.05, 4.69) is 5.32 Å². The van der Waals surface area contributed by atoms with Gasteiger partial charge in [-0.2, -0.15) is 0 Å². The summed E-state index contributed by atoms with van der Waals surface area (Å²) < 4.78 is 16.1. The molecule has 1 aromatic carbocycles. The molecule has 6 heteroatoms. The molecular formula is C20H31NO5. The SMILES string of the molecule is CCCC(N[C@H](c1ccccc1)[C@@H](OCC)C(=O)OCC)C(=O)OCC. The maximum Gasteiger partial charge on any atom is 0.337 e. The number of ether oxygens (including phenoxy) is 3. The lowest BCUT2D eigenvalue weighted by atomic mass is 9.99. The Hall–Kier alpha value is -1.92. The van der Waals surface area contributed by atoms with Gasteiger partial charge >= 0.3 is 11.9 Å². The highest BCUT2D eigenvalue weighted by atomic mass is 16.6. The summed E-state index contributed by atoms with van der Waals surface area (Å²) in [6.45, 7) is 8.28. The van der Waals surface area contributed by atoms with Crippen LogP contribution < -0.4 is 5.32 Å². The summed E-state index contributed by atoms with van der Waals surface area (Å²) in [5.74, 6) is -0.774. The average Bonchev–Trinajstić information content (AvgIpc) is 2.64. The van der Waals surface area contributed by atoms with Crippen LogP contribution in [0.15, 0.2) is 30.3 Å². The number of carbonyl (C=O) groups is 2. The summed E-state index contributed by atoms with van der Waals surface area (Å²) in [6, 6.07) is 8.43. The van der Waals surface area contributed by atoms with E-state index in [-0.39, 0.29) is 12.6 Å². The van der Waals surface area contributed by atoms with E-state index in [1.807, 2.05) is 44.2 Å². The molecule has 0 aromatic heterocycles. The average molecular weight is 365 g/mol. The van der Waals surface area contributed by atoms with Crippen molar-refractivity contribution in [2.75, 3.05) is 19.8 Å². The van der Waals surface area contributed by atoms with Gasteiger partial charge in [-0.15, -0.1) is 0 Å². The first kappa shape index (κ1) is 22.1. The number of benzene rings is 1. The third-order valence-corrected chi connectivity index (χ3v) is 3.86. The van der Waals surface area contributed by atoms with Gasteiger partial charge in [0.1, 0.15) is 6.04 Å². The van der Waals surface area contributed by atoms with Gasteiger partial charge < -0.3 is 14.2 Å². The number of nitrogens with one attached hydrogen (secondary N) is 1. The fourth-order valence-corrected chi connectivity index (χ4v) is 2.74. The van der Waals surface area contributed by atoms with Crippen molar-refractivity contribution in [2.24, 2.45) is 0 Å². The minimum absolute atomic E-state index is 0.264. The smallest absolute Gasteiger partial charge is 0.337 e. The Bertz CT molecular complexity index is 534. The highest BCUT2D eigenvalue weighted by Crippen LogP contribution is 2.22. The van der Waals surface area contributed by atoms with Gasteiger partial charge in [-0.3, -0.25) is 10.1 Å². The molecule has 0 amide bonds. The summed E-state index contributed by atoms with van der Waals surface area (Å²) in [4.78, 5) is 24.8. The monoisotopic (exact) mass is 365 g/mol. The van der Waals surface area contributed by atoms with Crippen LogP contribution in [0.1, 0.15) is 52.1 Å². The molecule has 1 unspecified atom stereocenters. The van der Waals surface area contributed by atoms with Crippen molar-refractivity contribution in [3.63, 3.8) is 0 Å². The molecule has 0 spiro atoms. The molecule has 0 saturated carbocycles. The number of carbonyl (C=O) groups excluding carboxylic acids is 2. The van der Waals surface area contributed by atoms with Crippen LogP contribution in [-0.4, -0.2) is 43.9 Å².